The van der Waals surface area contributed by atoms with Crippen molar-refractivity contribution in [1.82, 2.24) is 0 Å². The van der Waals surface area contributed by atoms with E-state index in [1.54, 1.807) is 6.92 Å². The zero-order chi connectivity index (χ0) is 8.85. The molecule has 0 heterocycles. The lowest BCUT2D eigenvalue weighted by Gasteiger charge is -2.12. The van der Waals surface area contributed by atoms with Gasteiger partial charge in [0, 0.05) is 17.4 Å². The molecule has 5 nitrogen and oxygen atoms in total. The number of hydrogen-bond donors (Lipinski definition) is 2. The first-order chi connectivity index (χ1) is 5.13. The minimum Gasteiger partial charge on any atom is -0.396 e. The third-order valence-corrected chi connectivity index (χ3v) is 1.70. The van der Waals surface area contributed by atoms with Gasteiger partial charge in [-0.1, -0.05) is 6.92 Å². The summed E-state index contributed by atoms with van der Waals surface area (Å²) in [7, 11) is 0. The zero-order valence-corrected chi connectivity index (χ0v) is 6.43. The molecule has 0 saturated carbocycles. The molecule has 0 radical (unpaired) electrons. The molecule has 2 atom stereocenters. The van der Waals surface area contributed by atoms with Gasteiger partial charge in [-0.25, -0.2) is 0 Å². The van der Waals surface area contributed by atoms with Crippen LogP contribution in [-0.4, -0.2) is 34.4 Å². The van der Waals surface area contributed by atoms with Gasteiger partial charge >= 0.3 is 0 Å². The highest BCUT2D eigenvalue weighted by Crippen LogP contribution is 2.09. The summed E-state index contributed by atoms with van der Waals surface area (Å²) in [5.41, 5.74) is 0. The van der Waals surface area contributed by atoms with Gasteiger partial charge in [-0.05, 0) is 6.42 Å². The number of nitro groups is 1. The highest BCUT2D eigenvalue weighted by molar-refractivity contribution is 4.63. The standard InChI is InChI=1S/C6H13NO4/c1-5(2-3-8)6(4-9)7(10)11/h5-6,8-9H,2-4H2,1H3. The lowest BCUT2D eigenvalue weighted by atomic mass is 10.0. The van der Waals surface area contributed by atoms with Crippen molar-refractivity contribution >= 4 is 0 Å². The zero-order valence-electron chi connectivity index (χ0n) is 6.43. The Labute approximate surface area is 64.8 Å². The Balaban J connectivity index is 3.91. The Morgan fingerprint density at radius 3 is 2.36 bits per heavy atom. The van der Waals surface area contributed by atoms with Gasteiger partial charge in [0.2, 0.25) is 6.04 Å². The largest absolute Gasteiger partial charge is 0.396 e. The predicted octanol–water partition coefficient (Wildman–Crippen LogP) is -0.357. The van der Waals surface area contributed by atoms with Crippen molar-refractivity contribution in [2.24, 2.45) is 5.92 Å². The smallest absolute Gasteiger partial charge is 0.238 e. The first-order valence-corrected chi connectivity index (χ1v) is 3.48. The first-order valence-electron chi connectivity index (χ1n) is 3.48. The Bertz CT molecular complexity index is 128. The van der Waals surface area contributed by atoms with Crippen LogP contribution in [0.4, 0.5) is 0 Å². The van der Waals surface area contributed by atoms with Gasteiger partial charge in [-0.3, -0.25) is 10.1 Å². The Hall–Kier alpha value is -0.680. The first kappa shape index (κ1) is 10.3. The maximum Gasteiger partial charge on any atom is 0.238 e. The van der Waals surface area contributed by atoms with Crippen LogP contribution in [0.25, 0.3) is 0 Å². The molecule has 0 aliphatic rings. The molecule has 11 heavy (non-hydrogen) atoms. The van der Waals surface area contributed by atoms with E-state index in [1.807, 2.05) is 0 Å². The van der Waals surface area contributed by atoms with E-state index in [2.05, 4.69) is 0 Å². The molecule has 5 heteroatoms. The minimum atomic E-state index is -0.942. The van der Waals surface area contributed by atoms with Crippen LogP contribution in [0.1, 0.15) is 13.3 Å². The van der Waals surface area contributed by atoms with Crippen molar-refractivity contribution in [2.75, 3.05) is 13.2 Å². The summed E-state index contributed by atoms with van der Waals surface area (Å²) < 4.78 is 0. The highest BCUT2D eigenvalue weighted by atomic mass is 16.6. The predicted molar refractivity (Wildman–Crippen MR) is 38.7 cm³/mol. The average Bonchev–Trinajstić information content (AvgIpc) is 1.88. The molecule has 2 unspecified atom stereocenters. The maximum absolute atomic E-state index is 10.2. The Morgan fingerprint density at radius 1 is 1.55 bits per heavy atom. The summed E-state index contributed by atoms with van der Waals surface area (Å²) in [5, 5.41) is 27.2. The molecule has 0 aromatic rings. The molecule has 0 saturated heterocycles. The second kappa shape index (κ2) is 5.03. The number of aliphatic hydroxyl groups excluding tert-OH is 2. The van der Waals surface area contributed by atoms with Crippen LogP contribution < -0.4 is 0 Å². The van der Waals surface area contributed by atoms with Gasteiger partial charge in [-0.15, -0.1) is 0 Å². The van der Waals surface area contributed by atoms with Crippen LogP contribution >= 0.6 is 0 Å². The molecule has 0 aliphatic carbocycles. The lowest BCUT2D eigenvalue weighted by molar-refractivity contribution is -0.535. The SMILES string of the molecule is CC(CCO)C(CO)[N+](=O)[O-]. The second-order valence-electron chi connectivity index (χ2n) is 2.52. The van der Waals surface area contributed by atoms with Crippen molar-refractivity contribution < 1.29 is 15.1 Å². The summed E-state index contributed by atoms with van der Waals surface area (Å²) >= 11 is 0. The van der Waals surface area contributed by atoms with Crippen molar-refractivity contribution in [3.05, 3.63) is 10.1 Å². The molecule has 0 fully saturated rings. The molecule has 0 aromatic heterocycles. The highest BCUT2D eigenvalue weighted by Gasteiger charge is 2.25. The summed E-state index contributed by atoms with van der Waals surface area (Å²) in [6.45, 7) is 1.10. The van der Waals surface area contributed by atoms with E-state index in [4.69, 9.17) is 10.2 Å². The lowest BCUT2D eigenvalue weighted by Crippen LogP contribution is -2.31. The van der Waals surface area contributed by atoms with Crippen LogP contribution in [0.5, 0.6) is 0 Å². The average molecular weight is 163 g/mol. The molecular formula is C6H13NO4. The Morgan fingerprint density at radius 2 is 2.09 bits per heavy atom. The molecule has 0 aliphatic heterocycles. The summed E-state index contributed by atoms with van der Waals surface area (Å²) in [5.74, 6) is -0.278. The van der Waals surface area contributed by atoms with Crippen molar-refractivity contribution in [3.63, 3.8) is 0 Å². The topological polar surface area (TPSA) is 83.6 Å². The fourth-order valence-electron chi connectivity index (χ4n) is 0.850. The van der Waals surface area contributed by atoms with E-state index in [0.29, 0.717) is 6.42 Å². The number of rotatable bonds is 5. The maximum atomic E-state index is 10.2. The van der Waals surface area contributed by atoms with Gasteiger partial charge in [0.1, 0.15) is 6.61 Å². The molecule has 0 aromatic carbocycles. The fourth-order valence-corrected chi connectivity index (χ4v) is 0.850. The summed E-state index contributed by atoms with van der Waals surface area (Å²) in [6, 6.07) is -0.942. The van der Waals surface area contributed by atoms with Crippen molar-refractivity contribution in [1.29, 1.82) is 0 Å². The van der Waals surface area contributed by atoms with Crippen LogP contribution in [0.2, 0.25) is 0 Å². The Kier molecular flexibility index (Phi) is 4.72. The van der Waals surface area contributed by atoms with E-state index < -0.39 is 17.6 Å². The van der Waals surface area contributed by atoms with Crippen LogP contribution in [0.15, 0.2) is 0 Å². The van der Waals surface area contributed by atoms with Crippen LogP contribution in [0.3, 0.4) is 0 Å². The van der Waals surface area contributed by atoms with Gasteiger partial charge in [0.25, 0.3) is 0 Å². The van der Waals surface area contributed by atoms with E-state index in [0.717, 1.165) is 0 Å². The van der Waals surface area contributed by atoms with Crippen molar-refractivity contribution in [3.8, 4) is 0 Å². The van der Waals surface area contributed by atoms with E-state index >= 15 is 0 Å². The monoisotopic (exact) mass is 163 g/mol. The molecule has 0 amide bonds. The second-order valence-corrected chi connectivity index (χ2v) is 2.52. The third-order valence-electron chi connectivity index (χ3n) is 1.70. The third kappa shape index (κ3) is 3.29. The van der Waals surface area contributed by atoms with Gasteiger partial charge in [0.05, 0.1) is 0 Å². The van der Waals surface area contributed by atoms with E-state index in [1.165, 1.54) is 0 Å². The quantitative estimate of drug-likeness (QED) is 0.428. The number of nitrogens with zero attached hydrogens (tertiary/aromatic N) is 1. The summed E-state index contributed by atoms with van der Waals surface area (Å²) in [4.78, 5) is 9.70. The normalized spacial score (nSPS) is 15.9. The van der Waals surface area contributed by atoms with E-state index in [-0.39, 0.29) is 12.5 Å². The number of hydrogen-bond acceptors (Lipinski definition) is 4. The van der Waals surface area contributed by atoms with Gasteiger partial charge in [-0.2, -0.15) is 0 Å². The molecule has 0 spiro atoms. The van der Waals surface area contributed by atoms with Gasteiger partial charge < -0.3 is 10.2 Å². The molecule has 2 N–H and O–H groups in total. The van der Waals surface area contributed by atoms with Crippen molar-refractivity contribution in [2.45, 2.75) is 19.4 Å². The number of aliphatic hydroxyl groups is 2. The van der Waals surface area contributed by atoms with E-state index in [9.17, 15) is 10.1 Å². The minimum absolute atomic E-state index is 0.0779. The molecular weight excluding hydrogens is 150 g/mol. The fraction of sp³-hybridized carbons (Fsp3) is 1.00. The van der Waals surface area contributed by atoms with Gasteiger partial charge in [0.15, 0.2) is 0 Å². The van der Waals surface area contributed by atoms with Crippen LogP contribution in [-0.2, 0) is 0 Å². The molecule has 0 rings (SSSR count). The molecule has 66 valence electrons. The van der Waals surface area contributed by atoms with Crippen LogP contribution in [0, 0.1) is 16.0 Å². The molecule has 0 bridgehead atoms. The summed E-state index contributed by atoms with van der Waals surface area (Å²) in [6.07, 6.45) is 0.353.